The first-order chi connectivity index (χ1) is 6.11. The first-order valence-corrected chi connectivity index (χ1v) is 4.71. The van der Waals surface area contributed by atoms with Gasteiger partial charge in [-0.3, -0.25) is 4.79 Å². The molecule has 0 amide bonds. The van der Waals surface area contributed by atoms with Crippen molar-refractivity contribution in [2.75, 3.05) is 0 Å². The first kappa shape index (κ1) is 13.5. The van der Waals surface area contributed by atoms with Crippen LogP contribution in [0.5, 0.6) is 0 Å². The van der Waals surface area contributed by atoms with Gasteiger partial charge in [0, 0.05) is 11.8 Å². The van der Waals surface area contributed by atoms with Crippen molar-refractivity contribution in [3.8, 4) is 0 Å². The first-order valence-electron chi connectivity index (χ1n) is 4.71. The molecular weight excluding hydrogens is 193 g/mol. The zero-order chi connectivity index (χ0) is 11.6. The molecule has 0 saturated carbocycles. The minimum Gasteiger partial charge on any atom is -0.299 e. The summed E-state index contributed by atoms with van der Waals surface area (Å²) in [5.74, 6) is -1.86. The van der Waals surface area contributed by atoms with Crippen molar-refractivity contribution >= 4 is 5.78 Å². The number of carbonyl (C=O) groups excluding carboxylic acids is 1. The van der Waals surface area contributed by atoms with Crippen LogP contribution in [0.3, 0.4) is 0 Å². The predicted molar refractivity (Wildman–Crippen MR) is 48.9 cm³/mol. The number of hydrogen-bond acceptors (Lipinski definition) is 1. The Labute approximate surface area is 82.7 Å². The van der Waals surface area contributed by atoms with Crippen molar-refractivity contribution in [2.45, 2.75) is 46.7 Å². The molecule has 0 fully saturated rings. The predicted octanol–water partition coefficient (Wildman–Crippen LogP) is 3.58. The molecule has 0 saturated heterocycles. The Morgan fingerprint density at radius 1 is 1.29 bits per heavy atom. The Balaban J connectivity index is 4.35. The molecule has 0 aromatic rings. The summed E-state index contributed by atoms with van der Waals surface area (Å²) in [6, 6.07) is 0. The van der Waals surface area contributed by atoms with E-state index >= 15 is 0 Å². The summed E-state index contributed by atoms with van der Waals surface area (Å²) in [6.45, 7) is 6.21. The van der Waals surface area contributed by atoms with E-state index < -0.39 is 23.9 Å². The number of alkyl halides is 3. The maximum atomic E-state index is 12.1. The van der Waals surface area contributed by atoms with Crippen molar-refractivity contribution in [3.05, 3.63) is 0 Å². The van der Waals surface area contributed by atoms with E-state index in [9.17, 15) is 18.0 Å². The molecule has 84 valence electrons. The van der Waals surface area contributed by atoms with Gasteiger partial charge >= 0.3 is 6.18 Å². The lowest BCUT2D eigenvalue weighted by Gasteiger charge is -2.23. The normalized spacial score (nSPS) is 15.4. The van der Waals surface area contributed by atoms with Gasteiger partial charge in [-0.25, -0.2) is 0 Å². The lowest BCUT2D eigenvalue weighted by molar-refractivity contribution is -0.175. The highest BCUT2D eigenvalue weighted by Gasteiger charge is 2.39. The summed E-state index contributed by atoms with van der Waals surface area (Å²) in [5, 5.41) is 0. The van der Waals surface area contributed by atoms with E-state index in [0.29, 0.717) is 6.42 Å². The maximum absolute atomic E-state index is 12.1. The van der Waals surface area contributed by atoms with Gasteiger partial charge in [0.1, 0.15) is 5.78 Å². The average molecular weight is 210 g/mol. The van der Waals surface area contributed by atoms with Crippen molar-refractivity contribution in [2.24, 2.45) is 11.3 Å². The van der Waals surface area contributed by atoms with Crippen LogP contribution in [0.2, 0.25) is 0 Å². The van der Waals surface area contributed by atoms with Gasteiger partial charge in [-0.15, -0.1) is 0 Å². The zero-order valence-corrected chi connectivity index (χ0v) is 9.03. The summed E-state index contributed by atoms with van der Waals surface area (Å²) in [4.78, 5) is 11.5. The van der Waals surface area contributed by atoms with E-state index in [1.54, 1.807) is 20.8 Å². The van der Waals surface area contributed by atoms with Crippen LogP contribution in [0, 0.1) is 11.3 Å². The molecule has 0 N–H and O–H groups in total. The number of rotatable bonds is 4. The van der Waals surface area contributed by atoms with E-state index in [0.717, 1.165) is 6.92 Å². The number of ketones is 1. The Bertz CT molecular complexity index is 206. The second kappa shape index (κ2) is 4.32. The monoisotopic (exact) mass is 210 g/mol. The van der Waals surface area contributed by atoms with Crippen LogP contribution >= 0.6 is 0 Å². The number of carbonyl (C=O) groups is 1. The van der Waals surface area contributed by atoms with Crippen LogP contribution in [0.25, 0.3) is 0 Å². The van der Waals surface area contributed by atoms with E-state index in [1.165, 1.54) is 0 Å². The molecule has 1 atom stereocenters. The maximum Gasteiger partial charge on any atom is 0.391 e. The Kier molecular flexibility index (Phi) is 4.15. The standard InChI is InChI=1S/C10H17F3O/c1-5-9(3,4)8(14)6-7(2)10(11,12)13/h7H,5-6H2,1-4H3. The van der Waals surface area contributed by atoms with Crippen LogP contribution < -0.4 is 0 Å². The van der Waals surface area contributed by atoms with Crippen LogP contribution in [-0.2, 0) is 4.79 Å². The quantitative estimate of drug-likeness (QED) is 0.693. The van der Waals surface area contributed by atoms with Gasteiger partial charge < -0.3 is 0 Å². The molecule has 1 nitrogen and oxygen atoms in total. The van der Waals surface area contributed by atoms with E-state index in [2.05, 4.69) is 0 Å². The molecule has 0 aliphatic carbocycles. The van der Waals surface area contributed by atoms with Gasteiger partial charge in [0.25, 0.3) is 0 Å². The molecule has 4 heteroatoms. The summed E-state index contributed by atoms with van der Waals surface area (Å²) >= 11 is 0. The molecular formula is C10H17F3O. The second-order valence-electron chi connectivity index (χ2n) is 4.31. The summed E-state index contributed by atoms with van der Waals surface area (Å²) in [6.07, 6.45) is -4.11. The Morgan fingerprint density at radius 3 is 2.00 bits per heavy atom. The van der Waals surface area contributed by atoms with Gasteiger partial charge in [-0.05, 0) is 6.42 Å². The lowest BCUT2D eigenvalue weighted by atomic mass is 9.81. The highest BCUT2D eigenvalue weighted by Crippen LogP contribution is 2.32. The summed E-state index contributed by atoms with van der Waals surface area (Å²) in [5.41, 5.74) is -0.639. The third-order valence-electron chi connectivity index (χ3n) is 2.69. The molecule has 0 heterocycles. The van der Waals surface area contributed by atoms with Crippen molar-refractivity contribution in [1.29, 1.82) is 0 Å². The van der Waals surface area contributed by atoms with Crippen LogP contribution in [0.4, 0.5) is 13.2 Å². The number of hydrogen-bond donors (Lipinski definition) is 0. The van der Waals surface area contributed by atoms with Gasteiger partial charge in [0.2, 0.25) is 0 Å². The molecule has 0 rings (SSSR count). The largest absolute Gasteiger partial charge is 0.391 e. The molecule has 0 aliphatic rings. The topological polar surface area (TPSA) is 17.1 Å². The second-order valence-corrected chi connectivity index (χ2v) is 4.31. The fourth-order valence-corrected chi connectivity index (χ4v) is 0.867. The smallest absolute Gasteiger partial charge is 0.299 e. The Hall–Kier alpha value is -0.540. The average Bonchev–Trinajstić information content (AvgIpc) is 2.02. The minimum absolute atomic E-state index is 0.315. The van der Waals surface area contributed by atoms with Gasteiger partial charge in [0.15, 0.2) is 0 Å². The van der Waals surface area contributed by atoms with Crippen molar-refractivity contribution < 1.29 is 18.0 Å². The third-order valence-corrected chi connectivity index (χ3v) is 2.69. The number of halogens is 3. The van der Waals surface area contributed by atoms with Gasteiger partial charge in [0.05, 0.1) is 5.92 Å². The number of Topliss-reactive ketones (excluding diaryl/α,β-unsaturated/α-hetero) is 1. The molecule has 0 aromatic carbocycles. The molecule has 1 unspecified atom stereocenters. The van der Waals surface area contributed by atoms with Crippen LogP contribution in [0.15, 0.2) is 0 Å². The van der Waals surface area contributed by atoms with E-state index in [-0.39, 0.29) is 5.78 Å². The molecule has 0 radical (unpaired) electrons. The molecule has 0 spiro atoms. The minimum atomic E-state index is -4.26. The van der Waals surface area contributed by atoms with Crippen molar-refractivity contribution in [3.63, 3.8) is 0 Å². The molecule has 14 heavy (non-hydrogen) atoms. The van der Waals surface area contributed by atoms with Crippen LogP contribution in [-0.4, -0.2) is 12.0 Å². The lowest BCUT2D eigenvalue weighted by Crippen LogP contribution is -2.30. The SMILES string of the molecule is CCC(C)(C)C(=O)CC(C)C(F)(F)F. The van der Waals surface area contributed by atoms with Crippen LogP contribution in [0.1, 0.15) is 40.5 Å². The molecule has 0 aliphatic heterocycles. The Morgan fingerprint density at radius 2 is 1.71 bits per heavy atom. The van der Waals surface area contributed by atoms with Gasteiger partial charge in [-0.1, -0.05) is 27.7 Å². The van der Waals surface area contributed by atoms with Crippen molar-refractivity contribution in [1.82, 2.24) is 0 Å². The highest BCUT2D eigenvalue weighted by atomic mass is 19.4. The fraction of sp³-hybridized carbons (Fsp3) is 0.900. The summed E-state index contributed by atoms with van der Waals surface area (Å²) < 4.78 is 36.4. The fourth-order valence-electron chi connectivity index (χ4n) is 0.867. The van der Waals surface area contributed by atoms with E-state index in [4.69, 9.17) is 0 Å². The molecule has 0 bridgehead atoms. The third kappa shape index (κ3) is 3.68. The zero-order valence-electron chi connectivity index (χ0n) is 9.03. The molecule has 0 aromatic heterocycles. The summed E-state index contributed by atoms with van der Waals surface area (Å²) in [7, 11) is 0. The van der Waals surface area contributed by atoms with E-state index in [1.807, 2.05) is 0 Å². The highest BCUT2D eigenvalue weighted by molar-refractivity contribution is 5.84. The van der Waals surface area contributed by atoms with Gasteiger partial charge in [-0.2, -0.15) is 13.2 Å².